The van der Waals surface area contributed by atoms with Gasteiger partial charge < -0.3 is 24.3 Å². The molecule has 0 aromatic carbocycles. The highest BCUT2D eigenvalue weighted by molar-refractivity contribution is 5.98. The quantitative estimate of drug-likeness (QED) is 0.287. The Morgan fingerprint density at radius 2 is 1.90 bits per heavy atom. The number of halogens is 1. The molecule has 5 atom stereocenters. The predicted molar refractivity (Wildman–Crippen MR) is 146 cm³/mol. The van der Waals surface area contributed by atoms with E-state index in [1.54, 1.807) is 6.08 Å². The third-order valence-electron chi connectivity index (χ3n) is 8.15. The Labute approximate surface area is 235 Å². The van der Waals surface area contributed by atoms with Crippen molar-refractivity contribution in [1.29, 1.82) is 0 Å². The van der Waals surface area contributed by atoms with Crippen molar-refractivity contribution >= 4 is 17.8 Å². The third kappa shape index (κ3) is 7.40. The second kappa shape index (κ2) is 13.8. The summed E-state index contributed by atoms with van der Waals surface area (Å²) in [6.07, 6.45) is 11.4. The molecule has 2 unspecified atom stereocenters. The maximum atomic E-state index is 14.0. The zero-order valence-corrected chi connectivity index (χ0v) is 24.2. The van der Waals surface area contributed by atoms with Crippen LogP contribution in [-0.4, -0.2) is 48.9 Å². The van der Waals surface area contributed by atoms with Gasteiger partial charge in [-0.05, 0) is 43.3 Å². The molecule has 3 rings (SSSR count). The smallest absolute Gasteiger partial charge is 0.328 e. The molecule has 1 amide bonds. The van der Waals surface area contributed by atoms with Crippen LogP contribution in [0.3, 0.4) is 0 Å². The van der Waals surface area contributed by atoms with Crippen molar-refractivity contribution in [2.24, 2.45) is 23.2 Å². The van der Waals surface area contributed by atoms with Gasteiger partial charge in [-0.1, -0.05) is 52.0 Å². The molecule has 0 saturated heterocycles. The number of ether oxygens (including phenoxy) is 4. The topological polar surface area (TPSA) is 113 Å². The van der Waals surface area contributed by atoms with Crippen molar-refractivity contribution < 1.29 is 37.7 Å². The Morgan fingerprint density at radius 3 is 2.52 bits per heavy atom. The molecule has 1 saturated carbocycles. The van der Waals surface area contributed by atoms with Gasteiger partial charge in [-0.25, -0.2) is 14.2 Å². The van der Waals surface area contributed by atoms with Gasteiger partial charge in [0.2, 0.25) is 6.79 Å². The summed E-state index contributed by atoms with van der Waals surface area (Å²) >= 11 is 0. The van der Waals surface area contributed by atoms with E-state index in [-0.39, 0.29) is 34.9 Å². The van der Waals surface area contributed by atoms with E-state index in [4.69, 9.17) is 18.9 Å². The number of amides is 1. The molecule has 10 heteroatoms. The average Bonchev–Trinajstić information content (AvgIpc) is 2.91. The molecule has 220 valence electrons. The average molecular weight is 561 g/mol. The van der Waals surface area contributed by atoms with E-state index < -0.39 is 42.2 Å². The van der Waals surface area contributed by atoms with Crippen molar-refractivity contribution in [3.63, 3.8) is 0 Å². The lowest BCUT2D eigenvalue weighted by molar-refractivity contribution is -0.157. The fourth-order valence-electron chi connectivity index (χ4n) is 5.94. The number of hydrogen-bond acceptors (Lipinski definition) is 8. The van der Waals surface area contributed by atoms with Crippen molar-refractivity contribution in [3.8, 4) is 11.5 Å². The normalized spacial score (nSPS) is 23.3. The number of allylic oxidation sites excluding steroid dienone is 4. The molecular weight excluding hydrogens is 519 g/mol. The minimum atomic E-state index is -0.999. The van der Waals surface area contributed by atoms with E-state index in [0.29, 0.717) is 5.92 Å². The van der Waals surface area contributed by atoms with Crippen molar-refractivity contribution in [3.05, 3.63) is 42.0 Å². The summed E-state index contributed by atoms with van der Waals surface area (Å²) in [4.78, 5) is 41.5. The van der Waals surface area contributed by atoms with E-state index in [0.717, 1.165) is 25.7 Å². The maximum absolute atomic E-state index is 14.0. The Balaban J connectivity index is 1.74. The number of carbonyl (C=O) groups excluding carboxylic acids is 3. The second-order valence-electron chi connectivity index (χ2n) is 10.9. The van der Waals surface area contributed by atoms with E-state index in [1.807, 2.05) is 19.9 Å². The van der Waals surface area contributed by atoms with Gasteiger partial charge in [0.1, 0.15) is 18.0 Å². The van der Waals surface area contributed by atoms with Crippen molar-refractivity contribution in [1.82, 2.24) is 10.3 Å². The van der Waals surface area contributed by atoms with Gasteiger partial charge in [-0.15, -0.1) is 0 Å². The first kappa shape index (κ1) is 31.1. The van der Waals surface area contributed by atoms with Crippen LogP contribution < -0.4 is 14.8 Å². The lowest BCUT2D eigenvalue weighted by Gasteiger charge is -2.48. The lowest BCUT2D eigenvalue weighted by atomic mass is 9.58. The Kier molecular flexibility index (Phi) is 10.7. The Bertz CT molecular complexity index is 1130. The first-order valence-electron chi connectivity index (χ1n) is 13.8. The molecule has 1 aromatic heterocycles. The van der Waals surface area contributed by atoms with Crippen LogP contribution in [0, 0.1) is 23.2 Å². The van der Waals surface area contributed by atoms with E-state index in [1.165, 1.54) is 45.7 Å². The number of esters is 2. The number of hydrogen-bond donors (Lipinski definition) is 1. The highest BCUT2D eigenvalue weighted by Gasteiger charge is 2.46. The molecule has 0 spiro atoms. The van der Waals surface area contributed by atoms with Crippen LogP contribution in [0.25, 0.3) is 0 Å². The number of nitrogens with one attached hydrogen (secondary N) is 1. The fraction of sp³-hybridized carbons (Fsp3) is 0.600. The van der Waals surface area contributed by atoms with Gasteiger partial charge in [-0.3, -0.25) is 9.59 Å². The summed E-state index contributed by atoms with van der Waals surface area (Å²) in [6, 6.07) is 0.494. The molecule has 0 radical (unpaired) electrons. The van der Waals surface area contributed by atoms with Gasteiger partial charge >= 0.3 is 11.9 Å². The van der Waals surface area contributed by atoms with Crippen LogP contribution >= 0.6 is 0 Å². The van der Waals surface area contributed by atoms with E-state index >= 15 is 0 Å². The van der Waals surface area contributed by atoms with Gasteiger partial charge in [0, 0.05) is 25.1 Å². The molecule has 40 heavy (non-hydrogen) atoms. The monoisotopic (exact) mass is 560 g/mol. The van der Waals surface area contributed by atoms with Crippen LogP contribution in [0.2, 0.25) is 0 Å². The highest BCUT2D eigenvalue weighted by Crippen LogP contribution is 2.50. The maximum Gasteiger partial charge on any atom is 0.328 e. The van der Waals surface area contributed by atoms with Gasteiger partial charge in [0.15, 0.2) is 17.2 Å². The molecule has 1 N–H and O–H groups in total. The summed E-state index contributed by atoms with van der Waals surface area (Å²) in [5.74, 6) is -1.69. The third-order valence-corrected chi connectivity index (χ3v) is 8.15. The van der Waals surface area contributed by atoms with E-state index in [9.17, 15) is 18.8 Å². The largest absolute Gasteiger partial charge is 0.493 e. The summed E-state index contributed by atoms with van der Waals surface area (Å²) in [5, 5.41) is 2.62. The van der Waals surface area contributed by atoms with Crippen molar-refractivity contribution in [2.75, 3.05) is 13.9 Å². The zero-order chi connectivity index (χ0) is 29.4. The molecule has 0 aliphatic heterocycles. The van der Waals surface area contributed by atoms with Crippen LogP contribution in [0.4, 0.5) is 4.39 Å². The van der Waals surface area contributed by atoms with Crippen LogP contribution in [-0.2, 0) is 19.1 Å². The summed E-state index contributed by atoms with van der Waals surface area (Å²) in [6.45, 7) is 8.31. The number of methoxy groups -OCH3 is 1. The van der Waals surface area contributed by atoms with Gasteiger partial charge in [-0.2, -0.15) is 0 Å². The molecule has 2 aliphatic rings. The second-order valence-corrected chi connectivity index (χ2v) is 10.9. The molecule has 9 nitrogen and oxygen atoms in total. The summed E-state index contributed by atoms with van der Waals surface area (Å²) in [7, 11) is 1.40. The highest BCUT2D eigenvalue weighted by atomic mass is 19.1. The van der Waals surface area contributed by atoms with Crippen LogP contribution in [0.1, 0.15) is 77.2 Å². The minimum Gasteiger partial charge on any atom is -0.493 e. The molecule has 1 heterocycles. The molecule has 2 aliphatic carbocycles. The van der Waals surface area contributed by atoms with Gasteiger partial charge in [0.05, 0.1) is 7.11 Å². The van der Waals surface area contributed by atoms with Crippen LogP contribution in [0.5, 0.6) is 11.5 Å². The molecule has 0 bridgehead atoms. The number of rotatable bonds is 11. The standard InChI is InChI=1S/C30H41FN2O7/c1-18-16-23(31)12-14-30(18,5)25(22-10-8-7-9-11-22)20(3)40-29(36)19(2)33-28(35)26-27(39-17-38-21(4)34)24(37-6)13-15-32-26/h12-16,18-20,22,25H,7-11,17H2,1-6H3,(H,33,35)/t18?,19-,20-,25+,30?/m0/s1. The van der Waals surface area contributed by atoms with Crippen molar-refractivity contribution in [2.45, 2.75) is 78.9 Å². The molecular formula is C30H41FN2O7. The fourth-order valence-corrected chi connectivity index (χ4v) is 5.94. The Hall–Kier alpha value is -3.43. The molecule has 1 fully saturated rings. The molecule has 1 aromatic rings. The summed E-state index contributed by atoms with van der Waals surface area (Å²) in [5.41, 5.74) is -0.538. The van der Waals surface area contributed by atoms with E-state index in [2.05, 4.69) is 17.2 Å². The zero-order valence-electron chi connectivity index (χ0n) is 24.2. The predicted octanol–water partition coefficient (Wildman–Crippen LogP) is 5.30. The van der Waals surface area contributed by atoms with Crippen LogP contribution in [0.15, 0.2) is 36.3 Å². The number of nitrogens with zero attached hydrogens (tertiary/aromatic N) is 1. The SMILES string of the molecule is COc1ccnc(C(=O)N[C@@H](C)C(=O)O[C@@H](C)[C@H](C2CCCCC2)C2(C)C=CC(F)=CC2C)c1OCOC(C)=O. The minimum absolute atomic E-state index is 0.0265. The lowest BCUT2D eigenvalue weighted by Crippen LogP contribution is -2.47. The first-order chi connectivity index (χ1) is 19.0. The number of pyridine rings is 1. The summed E-state index contributed by atoms with van der Waals surface area (Å²) < 4.78 is 35.5. The first-order valence-corrected chi connectivity index (χ1v) is 13.8. The van der Waals surface area contributed by atoms with Gasteiger partial charge in [0.25, 0.3) is 5.91 Å². The number of carbonyl (C=O) groups is 3. The number of aromatic nitrogens is 1. The Morgan fingerprint density at radius 1 is 1.20 bits per heavy atom.